The van der Waals surface area contributed by atoms with Crippen molar-refractivity contribution in [1.29, 1.82) is 0 Å². The average molecular weight is 997 g/mol. The van der Waals surface area contributed by atoms with Gasteiger partial charge < -0.3 is 9.80 Å². The van der Waals surface area contributed by atoms with E-state index < -0.39 is 0 Å². The molecule has 0 aromatic heterocycles. The molecule has 378 valence electrons. The minimum absolute atomic E-state index is 0.0936. The van der Waals surface area contributed by atoms with Gasteiger partial charge in [-0.2, -0.15) is 0 Å². The molecule has 0 spiro atoms. The Bertz CT molecular complexity index is 3900. The van der Waals surface area contributed by atoms with Gasteiger partial charge >= 0.3 is 0 Å². The van der Waals surface area contributed by atoms with E-state index in [0.29, 0.717) is 0 Å². The van der Waals surface area contributed by atoms with Crippen LogP contribution < -0.4 is 26.2 Å². The van der Waals surface area contributed by atoms with Crippen molar-refractivity contribution in [3.63, 3.8) is 0 Å². The molecule has 2 aliphatic heterocycles. The van der Waals surface area contributed by atoms with Gasteiger partial charge in [0, 0.05) is 34.1 Å². The molecule has 0 saturated carbocycles. The Labute approximate surface area is 457 Å². The van der Waals surface area contributed by atoms with Crippen LogP contribution in [0.25, 0.3) is 65.3 Å². The van der Waals surface area contributed by atoms with Crippen molar-refractivity contribution < 1.29 is 0 Å². The maximum Gasteiger partial charge on any atom is 0.252 e. The van der Waals surface area contributed by atoms with Gasteiger partial charge in [0.05, 0.1) is 0 Å². The van der Waals surface area contributed by atoms with E-state index in [1.54, 1.807) is 0 Å². The van der Waals surface area contributed by atoms with E-state index >= 15 is 0 Å². The van der Waals surface area contributed by atoms with Crippen molar-refractivity contribution >= 4 is 100 Å². The summed E-state index contributed by atoms with van der Waals surface area (Å²) < 4.78 is 0. The summed E-state index contributed by atoms with van der Waals surface area (Å²) in [6, 6.07) is 77.4. The predicted molar refractivity (Wildman–Crippen MR) is 336 cm³/mol. The molecule has 2 nitrogen and oxygen atoms in total. The minimum Gasteiger partial charge on any atom is -0.311 e. The fraction of sp³-hybridized carbons (Fsp3) is 0.216. The molecule has 0 radical (unpaired) electrons. The molecule has 0 atom stereocenters. The van der Waals surface area contributed by atoms with E-state index in [1.165, 1.54) is 138 Å². The van der Waals surface area contributed by atoms with Crippen molar-refractivity contribution in [2.24, 2.45) is 0 Å². The molecule has 0 aliphatic carbocycles. The summed E-state index contributed by atoms with van der Waals surface area (Å²) >= 11 is 0. The molecular formula is C74H69BN2. The summed E-state index contributed by atoms with van der Waals surface area (Å²) in [5, 5.41) is 10.1. The second kappa shape index (κ2) is 17.3. The number of benzene rings is 11. The quantitative estimate of drug-likeness (QED) is 0.128. The lowest BCUT2D eigenvalue weighted by Gasteiger charge is -2.45. The smallest absolute Gasteiger partial charge is 0.252 e. The fourth-order valence-electron chi connectivity index (χ4n) is 12.4. The first-order valence-electron chi connectivity index (χ1n) is 27.8. The van der Waals surface area contributed by atoms with E-state index in [0.717, 1.165) is 0 Å². The van der Waals surface area contributed by atoms with E-state index in [1.807, 2.05) is 0 Å². The fourth-order valence-corrected chi connectivity index (χ4v) is 12.4. The molecule has 0 saturated heterocycles. The Morgan fingerprint density at radius 2 is 0.623 bits per heavy atom. The van der Waals surface area contributed by atoms with Gasteiger partial charge in [-0.3, -0.25) is 0 Å². The second-order valence-electron chi connectivity index (χ2n) is 26.4. The van der Waals surface area contributed by atoms with E-state index in [9.17, 15) is 0 Å². The molecule has 13 rings (SSSR count). The summed E-state index contributed by atoms with van der Waals surface area (Å²) in [6.07, 6.45) is 0. The Kier molecular flexibility index (Phi) is 11.0. The van der Waals surface area contributed by atoms with Gasteiger partial charge in [-0.05, 0) is 174 Å². The molecule has 0 unspecified atom stereocenters. The Morgan fingerprint density at radius 3 is 1.03 bits per heavy atom. The topological polar surface area (TPSA) is 6.48 Å². The zero-order valence-corrected chi connectivity index (χ0v) is 47.0. The first-order valence-corrected chi connectivity index (χ1v) is 27.8. The lowest BCUT2D eigenvalue weighted by Crippen LogP contribution is -2.61. The van der Waals surface area contributed by atoms with Crippen molar-refractivity contribution in [3.05, 3.63) is 222 Å². The Morgan fingerprint density at radius 1 is 0.273 bits per heavy atom. The molecule has 2 heterocycles. The highest BCUT2D eigenvalue weighted by molar-refractivity contribution is 7.00. The molecule has 3 heteroatoms. The van der Waals surface area contributed by atoms with Crippen LogP contribution in [0.4, 0.5) is 34.1 Å². The SMILES string of the molecule is CC(C)(C)c1cc(N2c3cc4ccc5ccccc5c4cc3B3c4cc5c(ccc6ccccc65)cc4N(c4cc(C(C)(C)C)cc(C(C)(C)C)c4)c4cc(-c5ccc(-c6ccccc6)cc5)cc2c43)cc(C(C)(C)C)c1. The van der Waals surface area contributed by atoms with Gasteiger partial charge in [-0.1, -0.05) is 235 Å². The number of anilines is 6. The van der Waals surface area contributed by atoms with Gasteiger partial charge in [-0.15, -0.1) is 0 Å². The summed E-state index contributed by atoms with van der Waals surface area (Å²) in [4.78, 5) is 5.33. The summed E-state index contributed by atoms with van der Waals surface area (Å²) in [5.74, 6) is 0. The second-order valence-corrected chi connectivity index (χ2v) is 26.4. The molecule has 11 aromatic carbocycles. The number of nitrogens with zero attached hydrogens (tertiary/aromatic N) is 2. The third-order valence-corrected chi connectivity index (χ3v) is 16.9. The molecule has 2 aliphatic rings. The standard InChI is InChI=1S/C74H69BN2/c1-71(2,3)54-38-55(72(4,5)6)41-58(40-54)76-66-34-51-32-30-49-22-16-18-24-60(49)62(51)44-64(66)75-65-45-63-52(33-31-50-23-17-19-25-61(50)63)35-67(65)77(59-42-56(73(7,8)9)39-57(43-59)74(10,11)12)69-37-53(36-68(76)70(69)75)48-28-26-47(27-29-48)46-20-14-13-15-21-46/h13-45H,1-12H3. The molecule has 0 amide bonds. The largest absolute Gasteiger partial charge is 0.311 e. The van der Waals surface area contributed by atoms with Crippen LogP contribution in [-0.4, -0.2) is 6.71 Å². The van der Waals surface area contributed by atoms with Crippen molar-refractivity contribution in [2.75, 3.05) is 9.80 Å². The molecule has 11 aromatic rings. The molecule has 0 N–H and O–H groups in total. The van der Waals surface area contributed by atoms with Gasteiger partial charge in [0.15, 0.2) is 0 Å². The van der Waals surface area contributed by atoms with Crippen LogP contribution in [0.2, 0.25) is 0 Å². The number of fused-ring (bicyclic) bond motifs is 10. The van der Waals surface area contributed by atoms with Crippen LogP contribution in [-0.2, 0) is 21.7 Å². The van der Waals surface area contributed by atoms with Crippen LogP contribution in [0.1, 0.15) is 105 Å². The normalized spacial score (nSPS) is 13.6. The highest BCUT2D eigenvalue weighted by Crippen LogP contribution is 2.50. The maximum absolute atomic E-state index is 2.66. The summed E-state index contributed by atoms with van der Waals surface area (Å²) in [5.41, 5.74) is 21.0. The van der Waals surface area contributed by atoms with Crippen LogP contribution in [0.3, 0.4) is 0 Å². The zero-order chi connectivity index (χ0) is 53.5. The molecule has 77 heavy (non-hydrogen) atoms. The van der Waals surface area contributed by atoms with E-state index in [-0.39, 0.29) is 28.4 Å². The molecule has 0 fully saturated rings. The minimum atomic E-state index is -0.0977. The molecule has 0 bridgehead atoms. The highest BCUT2D eigenvalue weighted by Gasteiger charge is 2.45. The van der Waals surface area contributed by atoms with Gasteiger partial charge in [0.25, 0.3) is 6.71 Å². The molecular weight excluding hydrogens is 928 g/mol. The van der Waals surface area contributed by atoms with Crippen molar-refractivity contribution in [3.8, 4) is 22.3 Å². The number of hydrogen-bond donors (Lipinski definition) is 0. The monoisotopic (exact) mass is 997 g/mol. The Hall–Kier alpha value is -7.88. The van der Waals surface area contributed by atoms with Crippen LogP contribution in [0, 0.1) is 0 Å². The van der Waals surface area contributed by atoms with Gasteiger partial charge in [0.2, 0.25) is 0 Å². The van der Waals surface area contributed by atoms with Gasteiger partial charge in [0.1, 0.15) is 0 Å². The predicted octanol–water partition coefficient (Wildman–Crippen LogP) is 18.9. The number of hydrogen-bond acceptors (Lipinski definition) is 2. The van der Waals surface area contributed by atoms with Gasteiger partial charge in [-0.25, -0.2) is 0 Å². The van der Waals surface area contributed by atoms with E-state index in [2.05, 4.69) is 293 Å². The Balaban J connectivity index is 1.21. The van der Waals surface area contributed by atoms with Crippen LogP contribution >= 0.6 is 0 Å². The summed E-state index contributed by atoms with van der Waals surface area (Å²) in [7, 11) is 0. The van der Waals surface area contributed by atoms with E-state index in [4.69, 9.17) is 0 Å². The van der Waals surface area contributed by atoms with Crippen LogP contribution in [0.15, 0.2) is 200 Å². The maximum atomic E-state index is 2.66. The third kappa shape index (κ3) is 8.24. The highest BCUT2D eigenvalue weighted by atomic mass is 15.2. The number of rotatable bonds is 4. The third-order valence-electron chi connectivity index (χ3n) is 16.9. The van der Waals surface area contributed by atoms with Crippen molar-refractivity contribution in [1.82, 2.24) is 0 Å². The zero-order valence-electron chi connectivity index (χ0n) is 47.0. The summed E-state index contributed by atoms with van der Waals surface area (Å²) in [6.45, 7) is 28.2. The van der Waals surface area contributed by atoms with Crippen molar-refractivity contribution in [2.45, 2.75) is 105 Å². The van der Waals surface area contributed by atoms with Crippen LogP contribution in [0.5, 0.6) is 0 Å². The lowest BCUT2D eigenvalue weighted by atomic mass is 9.33. The first kappa shape index (κ1) is 48.7. The lowest BCUT2D eigenvalue weighted by molar-refractivity contribution is 0.568. The average Bonchev–Trinajstić information content (AvgIpc) is 3.60. The first-order chi connectivity index (χ1) is 36.7.